The zero-order chi connectivity index (χ0) is 10.7. The highest BCUT2D eigenvalue weighted by Gasteiger charge is 2.23. The van der Waals surface area contributed by atoms with Crippen LogP contribution >= 0.6 is 0 Å². The van der Waals surface area contributed by atoms with E-state index in [1.165, 1.54) is 0 Å². The van der Waals surface area contributed by atoms with E-state index in [1.807, 2.05) is 18.2 Å². The van der Waals surface area contributed by atoms with Crippen LogP contribution in [0, 0.1) is 0 Å². The van der Waals surface area contributed by atoms with Crippen LogP contribution in [0.2, 0.25) is 0 Å². The summed E-state index contributed by atoms with van der Waals surface area (Å²) < 4.78 is 5.33. The third kappa shape index (κ3) is 2.13. The molecule has 1 aliphatic rings. The summed E-state index contributed by atoms with van der Waals surface area (Å²) in [5, 5.41) is 9.24. The molecular weight excluding hydrogens is 190 g/mol. The van der Waals surface area contributed by atoms with Gasteiger partial charge in [-0.15, -0.1) is 0 Å². The maximum Gasteiger partial charge on any atom is 0.0762 e. The first-order chi connectivity index (χ1) is 7.35. The number of hydrogen-bond acceptors (Lipinski definition) is 3. The predicted molar refractivity (Wildman–Crippen MR) is 60.0 cm³/mol. The minimum atomic E-state index is 0.102. The molecule has 0 aromatic heterocycles. The second-order valence-electron chi connectivity index (χ2n) is 3.88. The van der Waals surface area contributed by atoms with E-state index in [0.29, 0.717) is 6.10 Å². The Morgan fingerprint density at radius 1 is 1.47 bits per heavy atom. The second-order valence-corrected chi connectivity index (χ2v) is 3.88. The number of nitrogens with zero attached hydrogens (tertiary/aromatic N) is 1. The number of ether oxygens (including phenoxy) is 1. The van der Waals surface area contributed by atoms with E-state index in [4.69, 9.17) is 4.74 Å². The van der Waals surface area contributed by atoms with Gasteiger partial charge in [-0.05, 0) is 12.5 Å². The lowest BCUT2D eigenvalue weighted by Gasteiger charge is -2.21. The zero-order valence-electron chi connectivity index (χ0n) is 9.02. The SMILES string of the molecule is COC1CCN(c2ccccc2CO)C1. The van der Waals surface area contributed by atoms with E-state index >= 15 is 0 Å². The van der Waals surface area contributed by atoms with Crippen LogP contribution in [0.1, 0.15) is 12.0 Å². The molecule has 82 valence electrons. The Kier molecular flexibility index (Phi) is 3.23. The van der Waals surface area contributed by atoms with Crippen molar-refractivity contribution in [2.24, 2.45) is 0 Å². The lowest BCUT2D eigenvalue weighted by atomic mass is 10.2. The maximum atomic E-state index is 9.24. The summed E-state index contributed by atoms with van der Waals surface area (Å²) >= 11 is 0. The fraction of sp³-hybridized carbons (Fsp3) is 0.500. The number of para-hydroxylation sites is 1. The van der Waals surface area contributed by atoms with Gasteiger partial charge in [-0.1, -0.05) is 18.2 Å². The molecule has 0 spiro atoms. The zero-order valence-corrected chi connectivity index (χ0v) is 9.02. The maximum absolute atomic E-state index is 9.24. The third-order valence-corrected chi connectivity index (χ3v) is 2.98. The lowest BCUT2D eigenvalue weighted by molar-refractivity contribution is 0.121. The van der Waals surface area contributed by atoms with Crippen molar-refractivity contribution >= 4 is 5.69 Å². The molecule has 1 fully saturated rings. The average Bonchev–Trinajstić information content (AvgIpc) is 2.77. The Morgan fingerprint density at radius 3 is 2.93 bits per heavy atom. The number of aliphatic hydroxyl groups excluding tert-OH is 1. The Labute approximate surface area is 90.3 Å². The van der Waals surface area contributed by atoms with Crippen molar-refractivity contribution in [1.82, 2.24) is 0 Å². The van der Waals surface area contributed by atoms with Gasteiger partial charge in [-0.3, -0.25) is 0 Å². The Balaban J connectivity index is 2.16. The number of hydrogen-bond donors (Lipinski definition) is 1. The van der Waals surface area contributed by atoms with Crippen LogP contribution in [-0.4, -0.2) is 31.4 Å². The van der Waals surface area contributed by atoms with Crippen LogP contribution in [0.15, 0.2) is 24.3 Å². The minimum absolute atomic E-state index is 0.102. The molecular formula is C12H17NO2. The van der Waals surface area contributed by atoms with E-state index in [1.54, 1.807) is 7.11 Å². The Hall–Kier alpha value is -1.06. The smallest absolute Gasteiger partial charge is 0.0762 e. The summed E-state index contributed by atoms with van der Waals surface area (Å²) in [6, 6.07) is 7.99. The molecule has 0 bridgehead atoms. The van der Waals surface area contributed by atoms with E-state index in [9.17, 15) is 5.11 Å². The van der Waals surface area contributed by atoms with Gasteiger partial charge in [-0.2, -0.15) is 0 Å². The van der Waals surface area contributed by atoms with Crippen LogP contribution in [0.25, 0.3) is 0 Å². The van der Waals surface area contributed by atoms with E-state index < -0.39 is 0 Å². The molecule has 1 aromatic rings. The van der Waals surface area contributed by atoms with Gasteiger partial charge in [-0.25, -0.2) is 0 Å². The van der Waals surface area contributed by atoms with Crippen molar-refractivity contribution in [2.45, 2.75) is 19.1 Å². The summed E-state index contributed by atoms with van der Waals surface area (Å²) in [4.78, 5) is 2.28. The molecule has 2 rings (SSSR count). The first-order valence-electron chi connectivity index (χ1n) is 5.31. The fourth-order valence-electron chi connectivity index (χ4n) is 2.09. The van der Waals surface area contributed by atoms with Crippen LogP contribution in [-0.2, 0) is 11.3 Å². The monoisotopic (exact) mass is 207 g/mol. The summed E-state index contributed by atoms with van der Waals surface area (Å²) in [5.41, 5.74) is 2.13. The molecule has 1 N–H and O–H groups in total. The van der Waals surface area contributed by atoms with E-state index in [2.05, 4.69) is 11.0 Å². The highest BCUT2D eigenvalue weighted by Crippen LogP contribution is 2.25. The fourth-order valence-corrected chi connectivity index (χ4v) is 2.09. The van der Waals surface area contributed by atoms with Gasteiger partial charge in [0.25, 0.3) is 0 Å². The van der Waals surface area contributed by atoms with Crippen molar-refractivity contribution in [2.75, 3.05) is 25.1 Å². The van der Waals surface area contributed by atoms with Crippen molar-refractivity contribution < 1.29 is 9.84 Å². The van der Waals surface area contributed by atoms with E-state index in [-0.39, 0.29) is 6.61 Å². The van der Waals surface area contributed by atoms with Crippen LogP contribution in [0.5, 0.6) is 0 Å². The van der Waals surface area contributed by atoms with Gasteiger partial charge in [0.2, 0.25) is 0 Å². The largest absolute Gasteiger partial charge is 0.392 e. The molecule has 1 aromatic carbocycles. The standard InChI is InChI=1S/C12H17NO2/c1-15-11-6-7-13(8-11)12-5-3-2-4-10(12)9-14/h2-5,11,14H,6-9H2,1H3. The van der Waals surface area contributed by atoms with Crippen molar-refractivity contribution in [1.29, 1.82) is 0 Å². The van der Waals surface area contributed by atoms with Gasteiger partial charge in [0.15, 0.2) is 0 Å². The molecule has 15 heavy (non-hydrogen) atoms. The number of methoxy groups -OCH3 is 1. The van der Waals surface area contributed by atoms with Crippen molar-refractivity contribution in [3.8, 4) is 0 Å². The normalized spacial score (nSPS) is 20.9. The lowest BCUT2D eigenvalue weighted by Crippen LogP contribution is -2.23. The molecule has 1 aliphatic heterocycles. The number of anilines is 1. The molecule has 3 nitrogen and oxygen atoms in total. The van der Waals surface area contributed by atoms with Crippen LogP contribution in [0.3, 0.4) is 0 Å². The van der Waals surface area contributed by atoms with Crippen LogP contribution < -0.4 is 4.90 Å². The van der Waals surface area contributed by atoms with Gasteiger partial charge < -0.3 is 14.7 Å². The second kappa shape index (κ2) is 4.64. The Bertz CT molecular complexity index is 327. The van der Waals surface area contributed by atoms with E-state index in [0.717, 1.165) is 30.8 Å². The Morgan fingerprint density at radius 2 is 2.27 bits per heavy atom. The predicted octanol–water partition coefficient (Wildman–Crippen LogP) is 1.40. The van der Waals surface area contributed by atoms with Crippen molar-refractivity contribution in [3.05, 3.63) is 29.8 Å². The molecule has 0 amide bonds. The molecule has 1 unspecified atom stereocenters. The molecule has 1 saturated heterocycles. The summed E-state index contributed by atoms with van der Waals surface area (Å²) in [5.74, 6) is 0. The molecule has 1 heterocycles. The molecule has 0 radical (unpaired) electrons. The minimum Gasteiger partial charge on any atom is -0.392 e. The molecule has 0 saturated carbocycles. The number of aliphatic hydroxyl groups is 1. The molecule has 0 aliphatic carbocycles. The summed E-state index contributed by atoms with van der Waals surface area (Å²) in [6.07, 6.45) is 1.40. The average molecular weight is 207 g/mol. The highest BCUT2D eigenvalue weighted by molar-refractivity contribution is 5.54. The van der Waals surface area contributed by atoms with Gasteiger partial charge in [0, 0.05) is 31.5 Å². The third-order valence-electron chi connectivity index (χ3n) is 2.98. The van der Waals surface area contributed by atoms with Crippen LogP contribution in [0.4, 0.5) is 5.69 Å². The number of rotatable bonds is 3. The topological polar surface area (TPSA) is 32.7 Å². The summed E-state index contributed by atoms with van der Waals surface area (Å²) in [6.45, 7) is 2.04. The highest BCUT2D eigenvalue weighted by atomic mass is 16.5. The van der Waals surface area contributed by atoms with Gasteiger partial charge in [0.05, 0.1) is 12.7 Å². The van der Waals surface area contributed by atoms with Gasteiger partial charge in [0.1, 0.15) is 0 Å². The molecule has 1 atom stereocenters. The molecule has 3 heteroatoms. The first kappa shape index (κ1) is 10.5. The van der Waals surface area contributed by atoms with Crippen molar-refractivity contribution in [3.63, 3.8) is 0 Å². The quantitative estimate of drug-likeness (QED) is 0.813. The summed E-state index contributed by atoms with van der Waals surface area (Å²) in [7, 11) is 1.76. The first-order valence-corrected chi connectivity index (χ1v) is 5.31. The van der Waals surface area contributed by atoms with Gasteiger partial charge >= 0.3 is 0 Å². The number of benzene rings is 1.